The van der Waals surface area contributed by atoms with Gasteiger partial charge < -0.3 is 14.6 Å². The van der Waals surface area contributed by atoms with E-state index in [1.807, 2.05) is 0 Å². The number of ketones is 1. The van der Waals surface area contributed by atoms with E-state index in [-0.39, 0.29) is 24.8 Å². The van der Waals surface area contributed by atoms with Gasteiger partial charge in [0.25, 0.3) is 0 Å². The molecule has 6 nitrogen and oxygen atoms in total. The molecule has 0 bridgehead atoms. The molecule has 0 heterocycles. The number of rotatable bonds is 8. The van der Waals surface area contributed by atoms with E-state index < -0.39 is 12.6 Å². The first kappa shape index (κ1) is 15.7. The first-order valence-electron chi connectivity index (χ1n) is 6.10. The van der Waals surface area contributed by atoms with Gasteiger partial charge in [0, 0.05) is 18.9 Å². The molecule has 0 fully saturated rings. The number of benzene rings is 1. The van der Waals surface area contributed by atoms with Gasteiger partial charge in [0.05, 0.1) is 6.61 Å². The first-order chi connectivity index (χ1) is 9.49. The molecule has 0 saturated heterocycles. The third kappa shape index (κ3) is 5.99. The van der Waals surface area contributed by atoms with Gasteiger partial charge in [-0.3, -0.25) is 9.59 Å². The largest absolute Gasteiger partial charge is 0.482 e. The van der Waals surface area contributed by atoms with Crippen molar-refractivity contribution in [1.29, 1.82) is 0 Å². The number of hydrogen-bond acceptors (Lipinski definition) is 5. The van der Waals surface area contributed by atoms with Crippen LogP contribution in [0.2, 0.25) is 0 Å². The van der Waals surface area contributed by atoms with Crippen molar-refractivity contribution in [2.75, 3.05) is 13.2 Å². The minimum absolute atomic E-state index is 0.0677. The Balaban J connectivity index is 2.41. The smallest absolute Gasteiger partial charge is 0.341 e. The lowest BCUT2D eigenvalue weighted by molar-refractivity contribution is -0.141. The fourth-order valence-electron chi connectivity index (χ4n) is 1.48. The summed E-state index contributed by atoms with van der Waals surface area (Å²) in [5.41, 5.74) is 0.510. The number of esters is 1. The molecule has 0 atom stereocenters. The van der Waals surface area contributed by atoms with Gasteiger partial charge in [-0.25, -0.2) is 4.79 Å². The Kier molecular flexibility index (Phi) is 6.22. The quantitative estimate of drug-likeness (QED) is 0.442. The highest BCUT2D eigenvalue weighted by atomic mass is 16.5. The third-order valence-corrected chi connectivity index (χ3v) is 2.39. The Labute approximate surface area is 116 Å². The van der Waals surface area contributed by atoms with E-state index >= 15 is 0 Å². The normalized spacial score (nSPS) is 9.85. The second-order valence-corrected chi connectivity index (χ2v) is 4.07. The Bertz CT molecular complexity index is 477. The van der Waals surface area contributed by atoms with Crippen molar-refractivity contribution in [3.63, 3.8) is 0 Å². The van der Waals surface area contributed by atoms with Crippen molar-refractivity contribution in [1.82, 2.24) is 0 Å². The number of hydrogen-bond donors (Lipinski definition) is 1. The van der Waals surface area contributed by atoms with E-state index in [4.69, 9.17) is 14.6 Å². The summed E-state index contributed by atoms with van der Waals surface area (Å²) < 4.78 is 9.69. The summed E-state index contributed by atoms with van der Waals surface area (Å²) in [6.07, 6.45) is 0.748. The number of Topliss-reactive ketones (excluding diaryl/α,β-unsaturated/α-hetero) is 1. The fourth-order valence-corrected chi connectivity index (χ4v) is 1.48. The molecular formula is C14H16O6. The molecule has 0 aliphatic heterocycles. The number of aliphatic carboxylic acids is 1. The maximum Gasteiger partial charge on any atom is 0.341 e. The van der Waals surface area contributed by atoms with Crippen molar-refractivity contribution in [3.8, 4) is 5.75 Å². The number of carbonyl (C=O) groups is 3. The van der Waals surface area contributed by atoms with E-state index in [1.54, 1.807) is 24.3 Å². The van der Waals surface area contributed by atoms with Crippen LogP contribution in [-0.4, -0.2) is 36.0 Å². The van der Waals surface area contributed by atoms with Crippen LogP contribution in [0.3, 0.4) is 0 Å². The summed E-state index contributed by atoms with van der Waals surface area (Å²) in [7, 11) is 0. The maximum atomic E-state index is 11.8. The summed E-state index contributed by atoms with van der Waals surface area (Å²) in [6, 6.07) is 6.24. The molecule has 0 amide bonds. The van der Waals surface area contributed by atoms with Gasteiger partial charge in [-0.2, -0.15) is 0 Å². The Morgan fingerprint density at radius 1 is 1.15 bits per heavy atom. The minimum Gasteiger partial charge on any atom is -0.482 e. The topological polar surface area (TPSA) is 89.9 Å². The highest BCUT2D eigenvalue weighted by Crippen LogP contribution is 2.14. The standard InChI is InChI=1S/C14H16O6/c1-10(15)19-8-2-3-13(16)11-4-6-12(7-5-11)20-9-14(17)18/h4-7H,2-3,8-9H2,1H3,(H,17,18). The Hall–Kier alpha value is -2.37. The molecule has 0 saturated carbocycles. The lowest BCUT2D eigenvalue weighted by Crippen LogP contribution is -2.09. The molecule has 0 aliphatic rings. The van der Waals surface area contributed by atoms with Crippen LogP contribution in [-0.2, 0) is 14.3 Å². The number of carboxylic acid groups (broad SMARTS) is 1. The molecule has 1 rings (SSSR count). The average molecular weight is 280 g/mol. The Morgan fingerprint density at radius 3 is 2.35 bits per heavy atom. The summed E-state index contributed by atoms with van der Waals surface area (Å²) >= 11 is 0. The molecule has 0 aromatic heterocycles. The van der Waals surface area contributed by atoms with Gasteiger partial charge in [-0.1, -0.05) is 0 Å². The molecule has 0 spiro atoms. The molecule has 0 unspecified atom stereocenters. The van der Waals surface area contributed by atoms with Gasteiger partial charge in [0.1, 0.15) is 5.75 Å². The van der Waals surface area contributed by atoms with E-state index in [0.29, 0.717) is 17.7 Å². The van der Waals surface area contributed by atoms with Crippen LogP contribution in [0.5, 0.6) is 5.75 Å². The van der Waals surface area contributed by atoms with Crippen LogP contribution in [0, 0.1) is 0 Å². The number of carboxylic acids is 1. The zero-order valence-corrected chi connectivity index (χ0v) is 11.1. The summed E-state index contributed by atoms with van der Waals surface area (Å²) in [4.78, 5) is 32.7. The summed E-state index contributed by atoms with van der Waals surface area (Å²) in [5.74, 6) is -1.10. The van der Waals surface area contributed by atoms with Gasteiger partial charge >= 0.3 is 11.9 Å². The molecule has 1 N–H and O–H groups in total. The van der Waals surface area contributed by atoms with Crippen molar-refractivity contribution < 1.29 is 29.0 Å². The zero-order valence-electron chi connectivity index (χ0n) is 11.1. The Morgan fingerprint density at radius 2 is 1.80 bits per heavy atom. The molecular weight excluding hydrogens is 264 g/mol. The minimum atomic E-state index is -1.06. The molecule has 0 radical (unpaired) electrons. The predicted molar refractivity (Wildman–Crippen MR) is 69.8 cm³/mol. The summed E-state index contributed by atoms with van der Waals surface area (Å²) in [5, 5.41) is 8.46. The second kappa shape index (κ2) is 7.93. The molecule has 108 valence electrons. The lowest BCUT2D eigenvalue weighted by Gasteiger charge is -2.05. The predicted octanol–water partition coefficient (Wildman–Crippen LogP) is 1.68. The van der Waals surface area contributed by atoms with Crippen LogP contribution in [0.1, 0.15) is 30.1 Å². The van der Waals surface area contributed by atoms with Crippen LogP contribution in [0.4, 0.5) is 0 Å². The fraction of sp³-hybridized carbons (Fsp3) is 0.357. The van der Waals surface area contributed by atoms with Crippen molar-refractivity contribution in [2.24, 2.45) is 0 Å². The van der Waals surface area contributed by atoms with E-state index in [1.165, 1.54) is 6.92 Å². The lowest BCUT2D eigenvalue weighted by atomic mass is 10.1. The molecule has 6 heteroatoms. The van der Waals surface area contributed by atoms with Crippen LogP contribution < -0.4 is 4.74 Å². The van der Waals surface area contributed by atoms with Gasteiger partial charge in [-0.05, 0) is 30.7 Å². The van der Waals surface area contributed by atoms with Crippen LogP contribution in [0.25, 0.3) is 0 Å². The van der Waals surface area contributed by atoms with Crippen molar-refractivity contribution in [2.45, 2.75) is 19.8 Å². The highest BCUT2D eigenvalue weighted by Gasteiger charge is 2.07. The van der Waals surface area contributed by atoms with E-state index in [9.17, 15) is 14.4 Å². The second-order valence-electron chi connectivity index (χ2n) is 4.07. The van der Waals surface area contributed by atoms with Gasteiger partial charge in [0.15, 0.2) is 12.4 Å². The van der Waals surface area contributed by atoms with E-state index in [0.717, 1.165) is 0 Å². The van der Waals surface area contributed by atoms with Gasteiger partial charge in [-0.15, -0.1) is 0 Å². The van der Waals surface area contributed by atoms with Crippen LogP contribution in [0.15, 0.2) is 24.3 Å². The number of carbonyl (C=O) groups excluding carboxylic acids is 2. The molecule has 0 aliphatic carbocycles. The average Bonchev–Trinajstić information content (AvgIpc) is 2.41. The zero-order chi connectivity index (χ0) is 15.0. The van der Waals surface area contributed by atoms with Crippen molar-refractivity contribution >= 4 is 17.7 Å². The van der Waals surface area contributed by atoms with Crippen LogP contribution >= 0.6 is 0 Å². The first-order valence-corrected chi connectivity index (χ1v) is 6.10. The third-order valence-electron chi connectivity index (χ3n) is 2.39. The molecule has 1 aromatic rings. The van der Waals surface area contributed by atoms with Gasteiger partial charge in [0.2, 0.25) is 0 Å². The molecule has 1 aromatic carbocycles. The van der Waals surface area contributed by atoms with Crippen molar-refractivity contribution in [3.05, 3.63) is 29.8 Å². The monoisotopic (exact) mass is 280 g/mol. The molecule has 20 heavy (non-hydrogen) atoms. The highest BCUT2D eigenvalue weighted by molar-refractivity contribution is 5.96. The maximum absolute atomic E-state index is 11.8. The summed E-state index contributed by atoms with van der Waals surface area (Å²) in [6.45, 7) is 1.12. The SMILES string of the molecule is CC(=O)OCCCC(=O)c1ccc(OCC(=O)O)cc1. The number of ether oxygens (including phenoxy) is 2. The van der Waals surface area contributed by atoms with E-state index in [2.05, 4.69) is 0 Å².